The molecule has 0 radical (unpaired) electrons. The molecule has 1 atom stereocenters. The zero-order valence-electron chi connectivity index (χ0n) is 8.82. The van der Waals surface area contributed by atoms with Gasteiger partial charge in [0.15, 0.2) is 0 Å². The number of hydrogen-bond acceptors (Lipinski definition) is 2. The predicted molar refractivity (Wildman–Crippen MR) is 55.1 cm³/mol. The normalized spacial score (nSPS) is 13.0. The van der Waals surface area contributed by atoms with Gasteiger partial charge in [0, 0.05) is 5.92 Å². The van der Waals surface area contributed by atoms with E-state index < -0.39 is 5.97 Å². The molecule has 0 bridgehead atoms. The first-order valence-electron chi connectivity index (χ1n) is 4.95. The minimum Gasteiger partial charge on any atom is -0.481 e. The molecular formula is C11H18O3. The Labute approximate surface area is 84.8 Å². The van der Waals surface area contributed by atoms with E-state index in [9.17, 15) is 9.59 Å². The van der Waals surface area contributed by atoms with E-state index >= 15 is 0 Å². The molecule has 3 heteroatoms. The number of carbonyl (C=O) groups excluding carboxylic acids is 1. The first-order chi connectivity index (χ1) is 6.57. The monoisotopic (exact) mass is 198 g/mol. The SMILES string of the molecule is CC[C@@H](CC/C=C/CC(=O)O)C(C)=O. The van der Waals surface area contributed by atoms with Gasteiger partial charge in [-0.05, 0) is 26.2 Å². The Morgan fingerprint density at radius 2 is 2.00 bits per heavy atom. The van der Waals surface area contributed by atoms with Crippen molar-refractivity contribution in [2.75, 3.05) is 0 Å². The van der Waals surface area contributed by atoms with E-state index in [0.29, 0.717) is 0 Å². The lowest BCUT2D eigenvalue weighted by atomic mass is 9.96. The van der Waals surface area contributed by atoms with Crippen molar-refractivity contribution in [1.82, 2.24) is 0 Å². The molecule has 0 rings (SSSR count). The minimum absolute atomic E-state index is 0.0663. The zero-order chi connectivity index (χ0) is 11.0. The molecule has 0 aliphatic heterocycles. The molecule has 0 unspecified atom stereocenters. The van der Waals surface area contributed by atoms with Gasteiger partial charge in [0.05, 0.1) is 6.42 Å². The smallest absolute Gasteiger partial charge is 0.307 e. The third kappa shape index (κ3) is 6.40. The molecule has 0 heterocycles. The summed E-state index contributed by atoms with van der Waals surface area (Å²) < 4.78 is 0. The Morgan fingerprint density at radius 1 is 1.36 bits per heavy atom. The highest BCUT2D eigenvalue weighted by atomic mass is 16.4. The van der Waals surface area contributed by atoms with E-state index in [-0.39, 0.29) is 18.1 Å². The summed E-state index contributed by atoms with van der Waals surface area (Å²) in [5.74, 6) is -0.469. The lowest BCUT2D eigenvalue weighted by molar-refractivity contribution is -0.136. The largest absolute Gasteiger partial charge is 0.481 e. The Kier molecular flexibility index (Phi) is 6.72. The maximum Gasteiger partial charge on any atom is 0.307 e. The van der Waals surface area contributed by atoms with Crippen LogP contribution in [0.4, 0.5) is 0 Å². The molecule has 14 heavy (non-hydrogen) atoms. The summed E-state index contributed by atoms with van der Waals surface area (Å²) in [6, 6.07) is 0. The molecule has 0 spiro atoms. The maximum absolute atomic E-state index is 11.0. The van der Waals surface area contributed by atoms with Crippen molar-refractivity contribution in [1.29, 1.82) is 0 Å². The van der Waals surface area contributed by atoms with Gasteiger partial charge in [-0.2, -0.15) is 0 Å². The number of ketones is 1. The van der Waals surface area contributed by atoms with E-state index in [4.69, 9.17) is 5.11 Å². The van der Waals surface area contributed by atoms with Crippen molar-refractivity contribution < 1.29 is 14.7 Å². The molecule has 0 aliphatic carbocycles. The van der Waals surface area contributed by atoms with Crippen molar-refractivity contribution in [3.63, 3.8) is 0 Å². The van der Waals surface area contributed by atoms with E-state index in [1.165, 1.54) is 0 Å². The second-order valence-electron chi connectivity index (χ2n) is 3.36. The van der Waals surface area contributed by atoms with Gasteiger partial charge in [-0.1, -0.05) is 19.1 Å². The summed E-state index contributed by atoms with van der Waals surface area (Å²) in [5.41, 5.74) is 0. The fourth-order valence-electron chi connectivity index (χ4n) is 1.29. The molecule has 0 saturated carbocycles. The molecular weight excluding hydrogens is 180 g/mol. The average Bonchev–Trinajstić information content (AvgIpc) is 2.10. The molecule has 0 aromatic heterocycles. The van der Waals surface area contributed by atoms with Crippen LogP contribution >= 0.6 is 0 Å². The van der Waals surface area contributed by atoms with Crippen molar-refractivity contribution in [3.05, 3.63) is 12.2 Å². The number of carboxylic acids is 1. The number of carbonyl (C=O) groups is 2. The number of carboxylic acid groups (broad SMARTS) is 1. The highest BCUT2D eigenvalue weighted by Gasteiger charge is 2.09. The van der Waals surface area contributed by atoms with Crippen LogP contribution in [0.3, 0.4) is 0 Å². The van der Waals surface area contributed by atoms with Crippen LogP contribution in [0.25, 0.3) is 0 Å². The van der Waals surface area contributed by atoms with Crippen LogP contribution in [0.5, 0.6) is 0 Å². The molecule has 1 N–H and O–H groups in total. The average molecular weight is 198 g/mol. The van der Waals surface area contributed by atoms with Crippen molar-refractivity contribution in [3.8, 4) is 0 Å². The van der Waals surface area contributed by atoms with Crippen LogP contribution in [0.1, 0.15) is 39.5 Å². The molecule has 80 valence electrons. The Hall–Kier alpha value is -1.12. The van der Waals surface area contributed by atoms with E-state index in [2.05, 4.69) is 0 Å². The molecule has 3 nitrogen and oxygen atoms in total. The lowest BCUT2D eigenvalue weighted by Crippen LogP contribution is -2.08. The summed E-state index contributed by atoms with van der Waals surface area (Å²) in [4.78, 5) is 21.2. The minimum atomic E-state index is -0.820. The molecule has 0 amide bonds. The summed E-state index contributed by atoms with van der Waals surface area (Å²) in [7, 11) is 0. The van der Waals surface area contributed by atoms with Gasteiger partial charge >= 0.3 is 5.97 Å². The maximum atomic E-state index is 11.0. The van der Waals surface area contributed by atoms with Gasteiger partial charge in [0.25, 0.3) is 0 Å². The zero-order valence-corrected chi connectivity index (χ0v) is 8.82. The van der Waals surface area contributed by atoms with Crippen LogP contribution in [-0.2, 0) is 9.59 Å². The van der Waals surface area contributed by atoms with Crippen LogP contribution in [0, 0.1) is 5.92 Å². The topological polar surface area (TPSA) is 54.4 Å². The lowest BCUT2D eigenvalue weighted by Gasteiger charge is -2.08. The molecule has 0 saturated heterocycles. The van der Waals surface area contributed by atoms with Crippen LogP contribution < -0.4 is 0 Å². The van der Waals surface area contributed by atoms with Gasteiger partial charge in [-0.15, -0.1) is 0 Å². The quantitative estimate of drug-likeness (QED) is 0.639. The first kappa shape index (κ1) is 12.9. The van der Waals surface area contributed by atoms with Crippen LogP contribution in [0.2, 0.25) is 0 Å². The second-order valence-corrected chi connectivity index (χ2v) is 3.36. The second kappa shape index (κ2) is 7.30. The Balaban J connectivity index is 3.66. The molecule has 0 aromatic carbocycles. The van der Waals surface area contributed by atoms with Crippen molar-refractivity contribution in [2.24, 2.45) is 5.92 Å². The summed E-state index contributed by atoms with van der Waals surface area (Å²) >= 11 is 0. The van der Waals surface area contributed by atoms with Crippen molar-refractivity contribution >= 4 is 11.8 Å². The van der Waals surface area contributed by atoms with Gasteiger partial charge in [0.1, 0.15) is 5.78 Å². The van der Waals surface area contributed by atoms with E-state index in [0.717, 1.165) is 19.3 Å². The highest BCUT2D eigenvalue weighted by Crippen LogP contribution is 2.12. The Morgan fingerprint density at radius 3 is 2.43 bits per heavy atom. The van der Waals surface area contributed by atoms with Crippen LogP contribution in [0.15, 0.2) is 12.2 Å². The van der Waals surface area contributed by atoms with E-state index in [1.807, 2.05) is 13.0 Å². The van der Waals surface area contributed by atoms with Crippen LogP contribution in [-0.4, -0.2) is 16.9 Å². The van der Waals surface area contributed by atoms with Gasteiger partial charge in [-0.3, -0.25) is 9.59 Å². The highest BCUT2D eigenvalue weighted by molar-refractivity contribution is 5.78. The van der Waals surface area contributed by atoms with Gasteiger partial charge in [-0.25, -0.2) is 0 Å². The van der Waals surface area contributed by atoms with Gasteiger partial charge in [0.2, 0.25) is 0 Å². The third-order valence-electron chi connectivity index (χ3n) is 2.21. The molecule has 0 aromatic rings. The summed E-state index contributed by atoms with van der Waals surface area (Å²) in [5, 5.41) is 8.35. The third-order valence-corrected chi connectivity index (χ3v) is 2.21. The van der Waals surface area contributed by atoms with E-state index in [1.54, 1.807) is 13.0 Å². The Bertz CT molecular complexity index is 219. The predicted octanol–water partition coefficient (Wildman–Crippen LogP) is 2.41. The molecule has 0 fully saturated rings. The number of aliphatic carboxylic acids is 1. The van der Waals surface area contributed by atoms with Crippen molar-refractivity contribution in [2.45, 2.75) is 39.5 Å². The summed E-state index contributed by atoms with van der Waals surface area (Å²) in [6.45, 7) is 3.60. The first-order valence-corrected chi connectivity index (χ1v) is 4.95. The number of allylic oxidation sites excluding steroid dienone is 1. The summed E-state index contributed by atoms with van der Waals surface area (Å²) in [6.07, 6.45) is 6.00. The number of Topliss-reactive ketones (excluding diaryl/α,β-unsaturated/α-hetero) is 1. The van der Waals surface area contributed by atoms with Gasteiger partial charge < -0.3 is 5.11 Å². The number of rotatable bonds is 7. The fourth-order valence-corrected chi connectivity index (χ4v) is 1.29. The number of hydrogen-bond donors (Lipinski definition) is 1. The standard InChI is InChI=1S/C11H18O3/c1-3-10(9(2)12)7-5-4-6-8-11(13)14/h4,6,10H,3,5,7-8H2,1-2H3,(H,13,14)/b6-4+/t10-/m0/s1. The fraction of sp³-hybridized carbons (Fsp3) is 0.636. The molecule has 0 aliphatic rings.